The first-order chi connectivity index (χ1) is 8.99. The summed E-state index contributed by atoms with van der Waals surface area (Å²) in [5, 5.41) is 3.69. The lowest BCUT2D eigenvalue weighted by Crippen LogP contribution is -2.26. The lowest BCUT2D eigenvalue weighted by Gasteiger charge is -2.12. The fourth-order valence-electron chi connectivity index (χ4n) is 1.64. The number of hydrogen-bond donors (Lipinski definition) is 1. The van der Waals surface area contributed by atoms with Gasteiger partial charge in [0.05, 0.1) is 11.6 Å². The Bertz CT molecular complexity index is 571. The van der Waals surface area contributed by atoms with E-state index in [1.165, 1.54) is 12.1 Å². The Balaban J connectivity index is 2.28. The van der Waals surface area contributed by atoms with Crippen LogP contribution in [-0.2, 0) is 0 Å². The topological polar surface area (TPSA) is 68.2 Å². The first-order valence-electron chi connectivity index (χ1n) is 5.67. The van der Waals surface area contributed by atoms with E-state index in [1.54, 1.807) is 0 Å². The number of nitrogens with zero attached hydrogens (tertiary/aromatic N) is 3. The molecule has 0 spiro atoms. The van der Waals surface area contributed by atoms with Crippen LogP contribution in [0, 0.1) is 11.6 Å². The summed E-state index contributed by atoms with van der Waals surface area (Å²) in [6.07, 6.45) is 0. The number of halogens is 2. The Morgan fingerprint density at radius 1 is 1.37 bits per heavy atom. The third-order valence-electron chi connectivity index (χ3n) is 2.52. The van der Waals surface area contributed by atoms with Gasteiger partial charge in [0.15, 0.2) is 17.5 Å². The van der Waals surface area contributed by atoms with Gasteiger partial charge in [-0.3, -0.25) is 0 Å². The van der Waals surface area contributed by atoms with Crippen LogP contribution in [0.25, 0.3) is 11.5 Å². The largest absolute Gasteiger partial charge is 0.334 e. The molecule has 1 heterocycles. The molecule has 102 valence electrons. The number of hydrogen-bond acceptors (Lipinski definition) is 5. The summed E-state index contributed by atoms with van der Waals surface area (Å²) < 4.78 is 31.6. The molecule has 2 aromatic rings. The predicted molar refractivity (Wildman–Crippen MR) is 65.1 cm³/mol. The van der Waals surface area contributed by atoms with E-state index in [0.717, 1.165) is 6.07 Å². The highest BCUT2D eigenvalue weighted by Gasteiger charge is 2.19. The molecule has 0 radical (unpaired) electrons. The van der Waals surface area contributed by atoms with Gasteiger partial charge in [-0.05, 0) is 26.2 Å². The highest BCUT2D eigenvalue weighted by atomic mass is 19.2. The summed E-state index contributed by atoms with van der Waals surface area (Å²) in [5.41, 5.74) is 5.79. The van der Waals surface area contributed by atoms with Crippen molar-refractivity contribution in [3.8, 4) is 11.5 Å². The molecule has 7 heteroatoms. The zero-order valence-electron chi connectivity index (χ0n) is 10.6. The first-order valence-corrected chi connectivity index (χ1v) is 5.67. The molecule has 0 aliphatic rings. The summed E-state index contributed by atoms with van der Waals surface area (Å²) in [6.45, 7) is 0.518. The molecule has 0 fully saturated rings. The normalized spacial score (nSPS) is 12.9. The SMILES string of the molecule is CN(C)CC(N)c1noc(-c2cccc(F)c2F)n1. The summed E-state index contributed by atoms with van der Waals surface area (Å²) in [4.78, 5) is 5.86. The number of benzene rings is 1. The van der Waals surface area contributed by atoms with E-state index >= 15 is 0 Å². The fraction of sp³-hybridized carbons (Fsp3) is 0.333. The van der Waals surface area contributed by atoms with Crippen molar-refractivity contribution in [2.24, 2.45) is 5.73 Å². The van der Waals surface area contributed by atoms with Crippen LogP contribution >= 0.6 is 0 Å². The van der Waals surface area contributed by atoms with Gasteiger partial charge in [-0.2, -0.15) is 4.98 Å². The van der Waals surface area contributed by atoms with Gasteiger partial charge in [0, 0.05) is 6.54 Å². The van der Waals surface area contributed by atoms with E-state index in [-0.39, 0.29) is 17.3 Å². The Hall–Kier alpha value is -1.86. The number of likely N-dealkylation sites (N-methyl/N-ethyl adjacent to an activating group) is 1. The van der Waals surface area contributed by atoms with Crippen LogP contribution in [0.3, 0.4) is 0 Å². The molecule has 2 rings (SSSR count). The zero-order chi connectivity index (χ0) is 14.0. The molecule has 19 heavy (non-hydrogen) atoms. The van der Waals surface area contributed by atoms with Gasteiger partial charge in [0.2, 0.25) is 0 Å². The van der Waals surface area contributed by atoms with Gasteiger partial charge < -0.3 is 15.2 Å². The molecule has 0 bridgehead atoms. The monoisotopic (exact) mass is 268 g/mol. The Kier molecular flexibility index (Phi) is 3.87. The number of nitrogens with two attached hydrogens (primary N) is 1. The Morgan fingerprint density at radius 3 is 2.79 bits per heavy atom. The maximum atomic E-state index is 13.6. The van der Waals surface area contributed by atoms with E-state index in [9.17, 15) is 8.78 Å². The Labute approximate surface area is 109 Å². The minimum atomic E-state index is -1.01. The van der Waals surface area contributed by atoms with Gasteiger partial charge in [0.25, 0.3) is 5.89 Å². The second-order valence-electron chi connectivity index (χ2n) is 4.43. The second-order valence-corrected chi connectivity index (χ2v) is 4.43. The van der Waals surface area contributed by atoms with Crippen molar-refractivity contribution >= 4 is 0 Å². The molecule has 0 amide bonds. The molecule has 5 nitrogen and oxygen atoms in total. The highest BCUT2D eigenvalue weighted by Crippen LogP contribution is 2.23. The van der Waals surface area contributed by atoms with Gasteiger partial charge >= 0.3 is 0 Å². The van der Waals surface area contributed by atoms with Crippen LogP contribution in [0.2, 0.25) is 0 Å². The van der Waals surface area contributed by atoms with Crippen LogP contribution < -0.4 is 5.73 Å². The van der Waals surface area contributed by atoms with Gasteiger partial charge in [0.1, 0.15) is 0 Å². The van der Waals surface area contributed by atoms with Crippen LogP contribution in [0.4, 0.5) is 8.78 Å². The summed E-state index contributed by atoms with van der Waals surface area (Å²) >= 11 is 0. The van der Waals surface area contributed by atoms with Crippen molar-refractivity contribution < 1.29 is 13.3 Å². The van der Waals surface area contributed by atoms with E-state index in [4.69, 9.17) is 10.3 Å². The third kappa shape index (κ3) is 2.94. The molecule has 0 aliphatic carbocycles. The van der Waals surface area contributed by atoms with Crippen molar-refractivity contribution in [1.82, 2.24) is 15.0 Å². The fourth-order valence-corrected chi connectivity index (χ4v) is 1.64. The highest BCUT2D eigenvalue weighted by molar-refractivity contribution is 5.53. The van der Waals surface area contributed by atoms with Gasteiger partial charge in [-0.15, -0.1) is 0 Å². The standard InChI is InChI=1S/C12H14F2N4O/c1-18(2)6-9(15)11-16-12(19-17-11)7-4-3-5-8(13)10(7)14/h3-5,9H,6,15H2,1-2H3. The molecule has 0 saturated carbocycles. The summed E-state index contributed by atoms with van der Waals surface area (Å²) in [5.74, 6) is -1.80. The molecule has 1 unspecified atom stereocenters. The van der Waals surface area contributed by atoms with E-state index in [0.29, 0.717) is 6.54 Å². The maximum absolute atomic E-state index is 13.6. The second kappa shape index (κ2) is 5.41. The van der Waals surface area contributed by atoms with Crippen molar-refractivity contribution in [3.63, 3.8) is 0 Å². The zero-order valence-corrected chi connectivity index (χ0v) is 10.6. The summed E-state index contributed by atoms with van der Waals surface area (Å²) in [7, 11) is 3.71. The van der Waals surface area contributed by atoms with Crippen LogP contribution in [-0.4, -0.2) is 35.7 Å². The molecule has 1 atom stereocenters. The minimum absolute atomic E-state index is 0.0733. The van der Waals surface area contributed by atoms with E-state index < -0.39 is 17.7 Å². The molecule has 0 saturated heterocycles. The van der Waals surface area contributed by atoms with Crippen molar-refractivity contribution in [2.45, 2.75) is 6.04 Å². The lowest BCUT2D eigenvalue weighted by atomic mass is 10.2. The number of aromatic nitrogens is 2. The number of rotatable bonds is 4. The van der Waals surface area contributed by atoms with E-state index in [2.05, 4.69) is 10.1 Å². The molecule has 2 N–H and O–H groups in total. The maximum Gasteiger partial charge on any atom is 0.261 e. The summed E-state index contributed by atoms with van der Waals surface area (Å²) in [6, 6.07) is 3.31. The van der Waals surface area contributed by atoms with Gasteiger partial charge in [-0.25, -0.2) is 8.78 Å². The predicted octanol–water partition coefficient (Wildman–Crippen LogP) is 1.58. The molecular formula is C12H14F2N4O. The van der Waals surface area contributed by atoms with Crippen molar-refractivity contribution in [3.05, 3.63) is 35.7 Å². The molecular weight excluding hydrogens is 254 g/mol. The van der Waals surface area contributed by atoms with Crippen LogP contribution in [0.5, 0.6) is 0 Å². The minimum Gasteiger partial charge on any atom is -0.334 e. The Morgan fingerprint density at radius 2 is 2.11 bits per heavy atom. The molecule has 1 aromatic heterocycles. The average molecular weight is 268 g/mol. The first kappa shape index (κ1) is 13.6. The van der Waals surface area contributed by atoms with Crippen molar-refractivity contribution in [1.29, 1.82) is 0 Å². The van der Waals surface area contributed by atoms with Crippen LogP contribution in [0.15, 0.2) is 22.7 Å². The average Bonchev–Trinajstić information content (AvgIpc) is 2.81. The van der Waals surface area contributed by atoms with Gasteiger partial charge in [-0.1, -0.05) is 11.2 Å². The smallest absolute Gasteiger partial charge is 0.261 e. The van der Waals surface area contributed by atoms with E-state index in [1.807, 2.05) is 19.0 Å². The lowest BCUT2D eigenvalue weighted by molar-refractivity contribution is 0.356. The third-order valence-corrected chi connectivity index (χ3v) is 2.52. The quantitative estimate of drug-likeness (QED) is 0.911. The molecule has 0 aliphatic heterocycles. The van der Waals surface area contributed by atoms with Crippen LogP contribution in [0.1, 0.15) is 11.9 Å². The molecule has 1 aromatic carbocycles. The van der Waals surface area contributed by atoms with Crippen molar-refractivity contribution in [2.75, 3.05) is 20.6 Å².